The summed E-state index contributed by atoms with van der Waals surface area (Å²) in [6.07, 6.45) is 1.58. The highest BCUT2D eigenvalue weighted by atomic mass is 16.5. The predicted molar refractivity (Wildman–Crippen MR) is 128 cm³/mol. The van der Waals surface area contributed by atoms with Gasteiger partial charge < -0.3 is 24.2 Å². The number of H-pyrrole nitrogens is 1. The lowest BCUT2D eigenvalue weighted by atomic mass is 9.95. The van der Waals surface area contributed by atoms with Crippen molar-refractivity contribution in [2.45, 2.75) is 32.7 Å². The highest BCUT2D eigenvalue weighted by Gasteiger charge is 2.42. The lowest BCUT2D eigenvalue weighted by Gasteiger charge is -2.27. The molecule has 8 heteroatoms. The van der Waals surface area contributed by atoms with E-state index in [0.717, 1.165) is 17.5 Å². The molecule has 2 N–H and O–H groups in total. The van der Waals surface area contributed by atoms with Gasteiger partial charge in [0.05, 0.1) is 19.3 Å². The van der Waals surface area contributed by atoms with E-state index in [4.69, 9.17) is 14.2 Å². The number of nitrogens with one attached hydrogen (secondary N) is 1. The number of hydrogen-bond acceptors (Lipinski definition) is 6. The maximum atomic E-state index is 13.4. The first-order valence-electron chi connectivity index (χ1n) is 11.7. The number of para-hydroxylation sites is 1. The number of amides is 1. The Balaban J connectivity index is 1.82. The summed E-state index contributed by atoms with van der Waals surface area (Å²) >= 11 is 0. The second-order valence-corrected chi connectivity index (χ2v) is 8.11. The zero-order valence-electron chi connectivity index (χ0n) is 19.8. The van der Waals surface area contributed by atoms with Crippen molar-refractivity contribution in [1.82, 2.24) is 15.1 Å². The molecule has 0 bridgehead atoms. The first kappa shape index (κ1) is 23.6. The molecule has 1 aromatic heterocycles. The average molecular weight is 466 g/mol. The molecule has 1 amide bonds. The van der Waals surface area contributed by atoms with E-state index in [1.165, 1.54) is 0 Å². The fourth-order valence-corrected chi connectivity index (χ4v) is 4.33. The number of phenols is 1. The zero-order valence-corrected chi connectivity index (χ0v) is 19.8. The van der Waals surface area contributed by atoms with E-state index in [-0.39, 0.29) is 11.7 Å². The quantitative estimate of drug-likeness (QED) is 0.403. The van der Waals surface area contributed by atoms with Crippen LogP contribution in [0.25, 0.3) is 11.3 Å². The van der Waals surface area contributed by atoms with Crippen LogP contribution in [0.5, 0.6) is 17.2 Å². The van der Waals surface area contributed by atoms with Crippen molar-refractivity contribution in [2.75, 3.05) is 33.5 Å². The summed E-state index contributed by atoms with van der Waals surface area (Å²) in [5.41, 5.74) is 3.20. The third-order valence-corrected chi connectivity index (χ3v) is 5.82. The Kier molecular flexibility index (Phi) is 7.37. The van der Waals surface area contributed by atoms with Crippen molar-refractivity contribution in [3.8, 4) is 28.5 Å². The van der Waals surface area contributed by atoms with E-state index in [1.54, 1.807) is 25.3 Å². The predicted octanol–water partition coefficient (Wildman–Crippen LogP) is 4.55. The fraction of sp³-hybridized carbons (Fsp3) is 0.385. The number of carbonyl (C=O) groups excluding carboxylic acids is 1. The average Bonchev–Trinajstić information content (AvgIpc) is 3.38. The Morgan fingerprint density at radius 2 is 1.91 bits per heavy atom. The SMILES string of the molecule is CCCOc1ccc([C@@H]2c3c(-c4ccccc4O)n[nH]c3C(=O)N2CCCOC)cc1OCC. The molecule has 180 valence electrons. The number of hydrogen-bond donors (Lipinski definition) is 2. The van der Waals surface area contributed by atoms with Crippen LogP contribution in [-0.4, -0.2) is 59.6 Å². The number of aromatic amines is 1. The van der Waals surface area contributed by atoms with E-state index in [0.29, 0.717) is 61.2 Å². The van der Waals surface area contributed by atoms with Crippen molar-refractivity contribution in [1.29, 1.82) is 0 Å². The number of fused-ring (bicyclic) bond motifs is 1. The normalized spacial score (nSPS) is 15.0. The number of aromatic nitrogens is 2. The first-order chi connectivity index (χ1) is 16.6. The molecule has 8 nitrogen and oxygen atoms in total. The van der Waals surface area contributed by atoms with Gasteiger partial charge in [0.2, 0.25) is 0 Å². The number of rotatable bonds is 11. The largest absolute Gasteiger partial charge is 0.507 e. The van der Waals surface area contributed by atoms with E-state index < -0.39 is 6.04 Å². The van der Waals surface area contributed by atoms with Gasteiger partial charge in [-0.15, -0.1) is 0 Å². The zero-order chi connectivity index (χ0) is 24.1. The highest BCUT2D eigenvalue weighted by molar-refractivity contribution is 6.00. The van der Waals surface area contributed by atoms with Gasteiger partial charge >= 0.3 is 0 Å². The fourth-order valence-electron chi connectivity index (χ4n) is 4.33. The summed E-state index contributed by atoms with van der Waals surface area (Å²) in [7, 11) is 1.65. The van der Waals surface area contributed by atoms with Crippen molar-refractivity contribution in [3.05, 3.63) is 59.3 Å². The Morgan fingerprint density at radius 1 is 1.09 bits per heavy atom. The summed E-state index contributed by atoms with van der Waals surface area (Å²) in [6.45, 7) is 6.12. The molecule has 0 radical (unpaired) electrons. The van der Waals surface area contributed by atoms with Gasteiger partial charge in [-0.05, 0) is 49.6 Å². The molecule has 2 aromatic carbocycles. The van der Waals surface area contributed by atoms with Crippen molar-refractivity contribution >= 4 is 5.91 Å². The van der Waals surface area contributed by atoms with Crippen LogP contribution >= 0.6 is 0 Å². The van der Waals surface area contributed by atoms with E-state index in [2.05, 4.69) is 17.1 Å². The van der Waals surface area contributed by atoms with E-state index in [9.17, 15) is 9.90 Å². The number of phenolic OH excluding ortho intramolecular Hbond substituents is 1. The third kappa shape index (κ3) is 4.46. The van der Waals surface area contributed by atoms with Crippen LogP contribution in [0.2, 0.25) is 0 Å². The van der Waals surface area contributed by atoms with Gasteiger partial charge in [0, 0.05) is 31.4 Å². The molecule has 0 saturated carbocycles. The summed E-state index contributed by atoms with van der Waals surface area (Å²) in [5.74, 6) is 1.29. The smallest absolute Gasteiger partial charge is 0.273 e. The molecule has 1 atom stereocenters. The topological polar surface area (TPSA) is 96.9 Å². The molecule has 0 unspecified atom stereocenters. The molecular weight excluding hydrogens is 434 g/mol. The van der Waals surface area contributed by atoms with Crippen molar-refractivity contribution in [2.24, 2.45) is 0 Å². The summed E-state index contributed by atoms with van der Waals surface area (Å²) in [6, 6.07) is 12.4. The van der Waals surface area contributed by atoms with Crippen molar-refractivity contribution in [3.63, 3.8) is 0 Å². The first-order valence-corrected chi connectivity index (χ1v) is 11.7. The van der Waals surface area contributed by atoms with Crippen LogP contribution in [0.3, 0.4) is 0 Å². The van der Waals surface area contributed by atoms with Gasteiger partial charge in [0.25, 0.3) is 5.91 Å². The van der Waals surface area contributed by atoms with Crippen LogP contribution in [0, 0.1) is 0 Å². The standard InChI is InChI=1S/C26H31N3O5/c1-4-14-34-20-12-11-17(16-21(20)33-5-2)25-22-23(18-9-6-7-10-19(18)30)27-28-24(22)26(31)29(25)13-8-15-32-3/h6-7,9-12,16,25,30H,4-5,8,13-15H2,1-3H3,(H,27,28)/t25-/m1/s1. The molecule has 4 rings (SSSR count). The number of carbonyl (C=O) groups is 1. The molecule has 3 aromatic rings. The van der Waals surface area contributed by atoms with E-state index >= 15 is 0 Å². The van der Waals surface area contributed by atoms with Crippen molar-refractivity contribution < 1.29 is 24.1 Å². The molecule has 1 aliphatic rings. The number of ether oxygens (including phenoxy) is 3. The molecule has 0 aliphatic carbocycles. The monoisotopic (exact) mass is 465 g/mol. The lowest BCUT2D eigenvalue weighted by Crippen LogP contribution is -2.31. The Hall–Kier alpha value is -3.52. The number of benzene rings is 2. The molecule has 0 fully saturated rings. The minimum Gasteiger partial charge on any atom is -0.507 e. The van der Waals surface area contributed by atoms with Gasteiger partial charge in [0.15, 0.2) is 11.5 Å². The van der Waals surface area contributed by atoms with Gasteiger partial charge in [-0.1, -0.05) is 25.1 Å². The number of aromatic hydroxyl groups is 1. The Bertz CT molecular complexity index is 1140. The highest BCUT2D eigenvalue weighted by Crippen LogP contribution is 2.45. The van der Waals surface area contributed by atoms with Gasteiger partial charge in [0.1, 0.15) is 17.1 Å². The maximum Gasteiger partial charge on any atom is 0.273 e. The van der Waals surface area contributed by atoms with Crippen LogP contribution in [-0.2, 0) is 4.74 Å². The molecule has 1 aliphatic heterocycles. The van der Waals surface area contributed by atoms with Crippen LogP contribution in [0.15, 0.2) is 42.5 Å². The van der Waals surface area contributed by atoms with Gasteiger partial charge in [-0.25, -0.2) is 0 Å². The molecule has 0 spiro atoms. The molecule has 2 heterocycles. The number of methoxy groups -OCH3 is 1. The van der Waals surface area contributed by atoms with Gasteiger partial charge in [-0.3, -0.25) is 9.89 Å². The second kappa shape index (κ2) is 10.6. The van der Waals surface area contributed by atoms with Gasteiger partial charge in [-0.2, -0.15) is 5.10 Å². The molecular formula is C26H31N3O5. The summed E-state index contributed by atoms with van der Waals surface area (Å²) in [5, 5.41) is 17.9. The van der Waals surface area contributed by atoms with Crippen LogP contribution in [0.1, 0.15) is 54.3 Å². The molecule has 0 saturated heterocycles. The third-order valence-electron chi connectivity index (χ3n) is 5.82. The number of nitrogens with zero attached hydrogens (tertiary/aromatic N) is 2. The second-order valence-electron chi connectivity index (χ2n) is 8.11. The van der Waals surface area contributed by atoms with Crippen LogP contribution < -0.4 is 9.47 Å². The lowest BCUT2D eigenvalue weighted by molar-refractivity contribution is 0.0723. The Labute approximate surface area is 199 Å². The molecule has 34 heavy (non-hydrogen) atoms. The van der Waals surface area contributed by atoms with E-state index in [1.807, 2.05) is 36.1 Å². The summed E-state index contributed by atoms with van der Waals surface area (Å²) in [4.78, 5) is 15.2. The minimum absolute atomic E-state index is 0.110. The maximum absolute atomic E-state index is 13.4. The Morgan fingerprint density at radius 3 is 2.65 bits per heavy atom. The van der Waals surface area contributed by atoms with Crippen LogP contribution in [0.4, 0.5) is 0 Å². The minimum atomic E-state index is -0.396. The summed E-state index contributed by atoms with van der Waals surface area (Å²) < 4.78 is 17.0.